The van der Waals surface area contributed by atoms with E-state index in [1.165, 1.54) is 0 Å². The molecule has 0 bridgehead atoms. The fourth-order valence-electron chi connectivity index (χ4n) is 1.03. The van der Waals surface area contributed by atoms with Crippen LogP contribution in [-0.4, -0.2) is 18.7 Å². The van der Waals surface area contributed by atoms with E-state index in [-0.39, 0.29) is 5.48 Å². The molecule has 4 heteroatoms. The van der Waals surface area contributed by atoms with Crippen molar-refractivity contribution in [3.8, 4) is 11.5 Å². The Kier molecular flexibility index (Phi) is 2.83. The second-order valence-corrected chi connectivity index (χ2v) is 2.84. The zero-order valence-corrected chi connectivity index (χ0v) is 7.30. The van der Waals surface area contributed by atoms with E-state index in [0.717, 1.165) is 16.4 Å². The second-order valence-electron chi connectivity index (χ2n) is 2.33. The summed E-state index contributed by atoms with van der Waals surface area (Å²) in [5.74, 6) is 1.61. The van der Waals surface area contributed by atoms with Crippen LogP contribution in [0.4, 0.5) is 0 Å². The van der Waals surface area contributed by atoms with Crippen molar-refractivity contribution >= 4 is 12.6 Å². The molecule has 2 N–H and O–H groups in total. The highest BCUT2D eigenvalue weighted by Gasteiger charge is 2.09. The van der Waals surface area contributed by atoms with E-state index in [0.29, 0.717) is 13.2 Å². The molecule has 0 unspecified atom stereocenters. The summed E-state index contributed by atoms with van der Waals surface area (Å²) in [4.78, 5) is 0.897. The Morgan fingerprint density at radius 1 is 1.08 bits per heavy atom. The van der Waals surface area contributed by atoms with Crippen molar-refractivity contribution in [1.82, 2.24) is 0 Å². The monoisotopic (exact) mass is 186 g/mol. The normalized spacial score (nSPS) is 13.4. The third kappa shape index (κ3) is 1.65. The first-order chi connectivity index (χ1) is 5.36. The number of fused-ring (bicyclic) bond motifs is 1. The molecule has 0 amide bonds. The molecule has 0 aliphatic carbocycles. The predicted molar refractivity (Wildman–Crippen MR) is 48.3 cm³/mol. The fourth-order valence-corrected chi connectivity index (χ4v) is 1.22. The topological polar surface area (TPSA) is 50.0 Å². The van der Waals surface area contributed by atoms with Gasteiger partial charge in [0.2, 0.25) is 0 Å². The highest BCUT2D eigenvalue weighted by Crippen LogP contribution is 2.31. The van der Waals surface area contributed by atoms with Crippen molar-refractivity contribution in [2.75, 3.05) is 13.2 Å². The summed E-state index contributed by atoms with van der Waals surface area (Å²) in [7, 11) is 0. The first-order valence-electron chi connectivity index (χ1n) is 3.45. The summed E-state index contributed by atoms with van der Waals surface area (Å²) < 4.78 is 10.6. The van der Waals surface area contributed by atoms with Gasteiger partial charge in [-0.1, -0.05) is 0 Å². The van der Waals surface area contributed by atoms with Crippen LogP contribution in [0.25, 0.3) is 0 Å². The van der Waals surface area contributed by atoms with Crippen molar-refractivity contribution in [3.63, 3.8) is 0 Å². The van der Waals surface area contributed by atoms with Gasteiger partial charge in [-0.3, -0.25) is 0 Å². The van der Waals surface area contributed by atoms with E-state index in [9.17, 15) is 0 Å². The maximum Gasteiger partial charge on any atom is 0.162 e. The van der Waals surface area contributed by atoms with Gasteiger partial charge in [-0.05, 0) is 18.2 Å². The van der Waals surface area contributed by atoms with Crippen molar-refractivity contribution in [3.05, 3.63) is 18.2 Å². The average Bonchev–Trinajstić information content (AvgIpc) is 2.04. The van der Waals surface area contributed by atoms with E-state index in [1.54, 1.807) is 0 Å². The molecule has 0 saturated heterocycles. The summed E-state index contributed by atoms with van der Waals surface area (Å²) in [6.07, 6.45) is 0. The first-order valence-corrected chi connectivity index (χ1v) is 3.89. The number of thiol groups is 1. The Morgan fingerprint density at radius 3 is 2.50 bits per heavy atom. The molecule has 66 valence electrons. The third-order valence-electron chi connectivity index (χ3n) is 1.53. The Hall–Kier alpha value is -0.870. The van der Waals surface area contributed by atoms with Gasteiger partial charge in [-0.15, -0.1) is 12.6 Å². The largest absolute Gasteiger partial charge is 0.486 e. The molecule has 1 aliphatic rings. The minimum absolute atomic E-state index is 0. The molecule has 1 aliphatic heterocycles. The van der Waals surface area contributed by atoms with Crippen LogP contribution in [0.5, 0.6) is 11.5 Å². The van der Waals surface area contributed by atoms with Crippen molar-refractivity contribution < 1.29 is 14.9 Å². The highest BCUT2D eigenvalue weighted by atomic mass is 32.1. The Morgan fingerprint density at radius 2 is 1.75 bits per heavy atom. The minimum Gasteiger partial charge on any atom is -0.486 e. The molecule has 1 aromatic rings. The van der Waals surface area contributed by atoms with E-state index < -0.39 is 0 Å². The van der Waals surface area contributed by atoms with E-state index in [1.807, 2.05) is 18.2 Å². The lowest BCUT2D eigenvalue weighted by molar-refractivity contribution is 0.171. The van der Waals surface area contributed by atoms with Crippen LogP contribution in [0.2, 0.25) is 0 Å². The fraction of sp³-hybridized carbons (Fsp3) is 0.250. The maximum absolute atomic E-state index is 5.33. The minimum atomic E-state index is 0. The lowest BCUT2D eigenvalue weighted by Crippen LogP contribution is -2.15. The van der Waals surface area contributed by atoms with Gasteiger partial charge in [0, 0.05) is 4.90 Å². The second kappa shape index (κ2) is 3.69. The average molecular weight is 186 g/mol. The van der Waals surface area contributed by atoms with E-state index in [4.69, 9.17) is 9.47 Å². The first kappa shape index (κ1) is 9.22. The molecular formula is C8H10O3S. The molecule has 2 rings (SSSR count). The van der Waals surface area contributed by atoms with Crippen LogP contribution < -0.4 is 9.47 Å². The highest BCUT2D eigenvalue weighted by molar-refractivity contribution is 7.80. The van der Waals surface area contributed by atoms with Crippen LogP contribution >= 0.6 is 12.6 Å². The Balaban J connectivity index is 0.000000720. The summed E-state index contributed by atoms with van der Waals surface area (Å²) in [5.41, 5.74) is 0. The smallest absolute Gasteiger partial charge is 0.162 e. The van der Waals surface area contributed by atoms with E-state index in [2.05, 4.69) is 12.6 Å². The molecule has 1 aromatic carbocycles. The zero-order chi connectivity index (χ0) is 7.68. The van der Waals surface area contributed by atoms with Gasteiger partial charge < -0.3 is 14.9 Å². The molecular weight excluding hydrogens is 176 g/mol. The SMILES string of the molecule is O.Sc1ccc2c(c1)OCCO2. The molecule has 0 aromatic heterocycles. The van der Waals surface area contributed by atoms with Gasteiger partial charge >= 0.3 is 0 Å². The summed E-state index contributed by atoms with van der Waals surface area (Å²) in [6, 6.07) is 5.62. The predicted octanol–water partition coefficient (Wildman–Crippen LogP) is 0.922. The molecule has 0 radical (unpaired) electrons. The van der Waals surface area contributed by atoms with Crippen molar-refractivity contribution in [1.29, 1.82) is 0 Å². The van der Waals surface area contributed by atoms with E-state index >= 15 is 0 Å². The van der Waals surface area contributed by atoms with Crippen molar-refractivity contribution in [2.24, 2.45) is 0 Å². The molecule has 0 saturated carbocycles. The van der Waals surface area contributed by atoms with Crippen LogP contribution in [0.15, 0.2) is 23.1 Å². The number of rotatable bonds is 0. The summed E-state index contributed by atoms with van der Waals surface area (Å²) in [6.45, 7) is 1.27. The molecule has 0 spiro atoms. The Labute approximate surface area is 76.0 Å². The van der Waals surface area contributed by atoms with Gasteiger partial charge in [-0.2, -0.15) is 0 Å². The van der Waals surface area contributed by atoms with Gasteiger partial charge in [0.05, 0.1) is 0 Å². The van der Waals surface area contributed by atoms with Gasteiger partial charge in [-0.25, -0.2) is 0 Å². The molecule has 3 nitrogen and oxygen atoms in total. The van der Waals surface area contributed by atoms with Gasteiger partial charge in [0.15, 0.2) is 11.5 Å². The third-order valence-corrected chi connectivity index (χ3v) is 1.80. The number of benzene rings is 1. The zero-order valence-electron chi connectivity index (χ0n) is 6.41. The maximum atomic E-state index is 5.33. The standard InChI is InChI=1S/C8H8O2S.H2O/c11-6-1-2-7-8(5-6)10-4-3-9-7;/h1-2,5,11H,3-4H2;1H2. The Bertz CT molecular complexity index is 275. The molecule has 1 heterocycles. The quantitative estimate of drug-likeness (QED) is 0.612. The number of ether oxygens (including phenoxy) is 2. The summed E-state index contributed by atoms with van der Waals surface area (Å²) >= 11 is 4.18. The van der Waals surface area contributed by atoms with Gasteiger partial charge in [0.1, 0.15) is 13.2 Å². The van der Waals surface area contributed by atoms with Crippen molar-refractivity contribution in [2.45, 2.75) is 4.90 Å². The van der Waals surface area contributed by atoms with Crippen LogP contribution in [0.1, 0.15) is 0 Å². The lowest BCUT2D eigenvalue weighted by atomic mass is 10.3. The summed E-state index contributed by atoms with van der Waals surface area (Å²) in [5, 5.41) is 0. The van der Waals surface area contributed by atoms with Crippen LogP contribution in [-0.2, 0) is 0 Å². The number of hydrogen-bond donors (Lipinski definition) is 1. The van der Waals surface area contributed by atoms with Crippen LogP contribution in [0, 0.1) is 0 Å². The lowest BCUT2D eigenvalue weighted by Gasteiger charge is -2.17. The van der Waals surface area contributed by atoms with Gasteiger partial charge in [0.25, 0.3) is 0 Å². The molecule has 0 fully saturated rings. The molecule has 12 heavy (non-hydrogen) atoms. The molecule has 0 atom stereocenters. The van der Waals surface area contributed by atoms with Crippen LogP contribution in [0.3, 0.4) is 0 Å². The number of hydrogen-bond acceptors (Lipinski definition) is 3.